The average molecular weight is 316 g/mol. The predicted molar refractivity (Wildman–Crippen MR) is 67.4 cm³/mol. The second-order valence-corrected chi connectivity index (χ2v) is 5.04. The molecule has 2 aromatic rings. The van der Waals surface area contributed by atoms with Crippen molar-refractivity contribution in [2.75, 3.05) is 5.75 Å². The Morgan fingerprint density at radius 3 is 2.67 bits per heavy atom. The molecule has 0 unspecified atom stereocenters. The first-order valence-corrected chi connectivity index (χ1v) is 6.60. The largest absolute Gasteiger partial charge is 0.453 e. The number of hydrogen-bond acceptors (Lipinski definition) is 4. The van der Waals surface area contributed by atoms with Gasteiger partial charge in [0.25, 0.3) is 5.82 Å². The molecule has 1 aromatic heterocycles. The van der Waals surface area contributed by atoms with E-state index in [1.807, 2.05) is 6.07 Å². The molecule has 1 heterocycles. The minimum Gasteiger partial charge on any atom is -0.217 e. The number of benzene rings is 1. The van der Waals surface area contributed by atoms with Crippen molar-refractivity contribution in [3.05, 3.63) is 35.7 Å². The highest BCUT2D eigenvalue weighted by molar-refractivity contribution is 7.99. The summed E-state index contributed by atoms with van der Waals surface area (Å²) >= 11 is 1.17. The summed E-state index contributed by atoms with van der Waals surface area (Å²) in [5.74, 6) is -1.90. The van der Waals surface area contributed by atoms with Crippen molar-refractivity contribution in [3.8, 4) is 11.8 Å². The molecule has 0 N–H and O–H groups in total. The molecule has 1 aromatic carbocycles. The van der Waals surface area contributed by atoms with Crippen LogP contribution in [0, 0.1) is 24.1 Å². The Hall–Kier alpha value is -2.08. The zero-order valence-corrected chi connectivity index (χ0v) is 11.5. The number of alkyl halides is 3. The Bertz CT molecular complexity index is 702. The van der Waals surface area contributed by atoms with Gasteiger partial charge >= 0.3 is 6.18 Å². The summed E-state index contributed by atoms with van der Waals surface area (Å²) in [5, 5.41) is 11.8. The van der Waals surface area contributed by atoms with Crippen LogP contribution in [0.1, 0.15) is 11.4 Å². The van der Waals surface area contributed by atoms with Crippen molar-refractivity contribution >= 4 is 11.8 Å². The Labute approximate surface area is 121 Å². The normalized spacial score (nSPS) is 11.4. The molecule has 0 bridgehead atoms. The molecule has 0 aliphatic heterocycles. The summed E-state index contributed by atoms with van der Waals surface area (Å²) in [6.45, 7) is 1.65. The fraction of sp³-hybridized carbons (Fsp3) is 0.250. The molecule has 0 radical (unpaired) electrons. The lowest BCUT2D eigenvalue weighted by atomic mass is 10.2. The SMILES string of the molecule is Cc1cc(F)c(-n2cnc(C(F)(F)F)n2)cc1SCC#N. The first-order valence-electron chi connectivity index (χ1n) is 5.62. The lowest BCUT2D eigenvalue weighted by Gasteiger charge is -2.08. The summed E-state index contributed by atoms with van der Waals surface area (Å²) in [6, 6.07) is 4.46. The standard InChI is InChI=1S/C12H8F4N4S/c1-7-4-8(13)9(5-10(7)21-3-2-17)20-6-18-11(19-20)12(14,15)16/h4-6H,3H2,1H3. The molecule has 0 aliphatic carbocycles. The molecule has 0 aliphatic rings. The molecule has 0 fully saturated rings. The van der Waals surface area contributed by atoms with E-state index in [9.17, 15) is 17.6 Å². The molecular formula is C12H8F4N4S. The number of halogens is 4. The van der Waals surface area contributed by atoms with E-state index in [2.05, 4.69) is 10.1 Å². The van der Waals surface area contributed by atoms with Gasteiger partial charge in [-0.05, 0) is 24.6 Å². The van der Waals surface area contributed by atoms with Crippen molar-refractivity contribution in [1.82, 2.24) is 14.8 Å². The predicted octanol–water partition coefficient (Wildman–Crippen LogP) is 3.35. The summed E-state index contributed by atoms with van der Waals surface area (Å²) in [7, 11) is 0. The van der Waals surface area contributed by atoms with Crippen LogP contribution in [-0.2, 0) is 6.18 Å². The number of thioether (sulfide) groups is 1. The van der Waals surface area contributed by atoms with Crippen LogP contribution in [0.15, 0.2) is 23.4 Å². The monoisotopic (exact) mass is 316 g/mol. The molecule has 0 amide bonds. The minimum absolute atomic E-state index is 0.149. The molecule has 0 saturated heterocycles. The topological polar surface area (TPSA) is 54.5 Å². The van der Waals surface area contributed by atoms with Crippen LogP contribution in [0.3, 0.4) is 0 Å². The van der Waals surface area contributed by atoms with Crippen molar-refractivity contribution in [2.45, 2.75) is 18.0 Å². The van der Waals surface area contributed by atoms with Gasteiger partial charge in [0, 0.05) is 4.90 Å². The van der Waals surface area contributed by atoms with E-state index in [0.29, 0.717) is 10.5 Å². The number of aromatic nitrogens is 3. The molecule has 4 nitrogen and oxygen atoms in total. The highest BCUT2D eigenvalue weighted by atomic mass is 32.2. The van der Waals surface area contributed by atoms with Crippen LogP contribution in [-0.4, -0.2) is 20.5 Å². The number of hydrogen-bond donors (Lipinski definition) is 0. The van der Waals surface area contributed by atoms with E-state index < -0.39 is 17.8 Å². The van der Waals surface area contributed by atoms with E-state index in [-0.39, 0.29) is 11.4 Å². The van der Waals surface area contributed by atoms with Gasteiger partial charge in [-0.1, -0.05) is 0 Å². The van der Waals surface area contributed by atoms with Gasteiger partial charge in [0.2, 0.25) is 0 Å². The molecule has 0 spiro atoms. The van der Waals surface area contributed by atoms with Gasteiger partial charge in [-0.3, -0.25) is 0 Å². The summed E-state index contributed by atoms with van der Waals surface area (Å²) < 4.78 is 52.0. The maximum Gasteiger partial charge on any atom is 0.453 e. The summed E-state index contributed by atoms with van der Waals surface area (Å²) in [4.78, 5) is 3.71. The number of rotatable bonds is 3. The van der Waals surface area contributed by atoms with E-state index in [0.717, 1.165) is 11.0 Å². The van der Waals surface area contributed by atoms with E-state index >= 15 is 0 Å². The lowest BCUT2D eigenvalue weighted by Crippen LogP contribution is -2.09. The Balaban J connectivity index is 2.44. The molecule has 9 heteroatoms. The third kappa shape index (κ3) is 3.33. The first kappa shape index (κ1) is 15.3. The van der Waals surface area contributed by atoms with Crippen molar-refractivity contribution in [2.24, 2.45) is 0 Å². The van der Waals surface area contributed by atoms with Gasteiger partial charge in [0.1, 0.15) is 17.8 Å². The third-order valence-electron chi connectivity index (χ3n) is 2.53. The summed E-state index contributed by atoms with van der Waals surface area (Å²) in [5.41, 5.74) is 0.441. The Morgan fingerprint density at radius 2 is 2.10 bits per heavy atom. The lowest BCUT2D eigenvalue weighted by molar-refractivity contribution is -0.144. The van der Waals surface area contributed by atoms with Crippen LogP contribution < -0.4 is 0 Å². The van der Waals surface area contributed by atoms with Gasteiger partial charge in [0.15, 0.2) is 0 Å². The minimum atomic E-state index is -4.69. The third-order valence-corrected chi connectivity index (χ3v) is 3.55. The molecule has 0 atom stereocenters. The maximum absolute atomic E-state index is 13.9. The van der Waals surface area contributed by atoms with Crippen LogP contribution >= 0.6 is 11.8 Å². The number of nitrogens with zero attached hydrogens (tertiary/aromatic N) is 4. The van der Waals surface area contributed by atoms with Gasteiger partial charge in [-0.15, -0.1) is 16.9 Å². The van der Waals surface area contributed by atoms with Crippen LogP contribution in [0.4, 0.5) is 17.6 Å². The highest BCUT2D eigenvalue weighted by Crippen LogP contribution is 2.29. The molecule has 21 heavy (non-hydrogen) atoms. The van der Waals surface area contributed by atoms with Crippen LogP contribution in [0.25, 0.3) is 5.69 Å². The van der Waals surface area contributed by atoms with Crippen LogP contribution in [0.2, 0.25) is 0 Å². The maximum atomic E-state index is 13.9. The van der Waals surface area contributed by atoms with E-state index in [4.69, 9.17) is 5.26 Å². The van der Waals surface area contributed by atoms with Gasteiger partial charge in [0.05, 0.1) is 11.8 Å². The second-order valence-electron chi connectivity index (χ2n) is 4.03. The van der Waals surface area contributed by atoms with Crippen LogP contribution in [0.5, 0.6) is 0 Å². The smallest absolute Gasteiger partial charge is 0.217 e. The zero-order chi connectivity index (χ0) is 15.6. The Morgan fingerprint density at radius 1 is 1.38 bits per heavy atom. The average Bonchev–Trinajstić information content (AvgIpc) is 2.87. The quantitative estimate of drug-likeness (QED) is 0.644. The van der Waals surface area contributed by atoms with Gasteiger partial charge in [-0.2, -0.15) is 18.4 Å². The van der Waals surface area contributed by atoms with Crippen molar-refractivity contribution < 1.29 is 17.6 Å². The fourth-order valence-corrected chi connectivity index (χ4v) is 2.29. The van der Waals surface area contributed by atoms with Crippen molar-refractivity contribution in [3.63, 3.8) is 0 Å². The number of nitriles is 1. The highest BCUT2D eigenvalue weighted by Gasteiger charge is 2.36. The Kier molecular flexibility index (Phi) is 4.18. The first-order chi connectivity index (χ1) is 9.82. The molecule has 2 rings (SSSR count). The van der Waals surface area contributed by atoms with Crippen molar-refractivity contribution in [1.29, 1.82) is 5.26 Å². The van der Waals surface area contributed by atoms with Gasteiger partial charge in [-0.25, -0.2) is 14.1 Å². The summed E-state index contributed by atoms with van der Waals surface area (Å²) in [6.07, 6.45) is -3.89. The molecule has 110 valence electrons. The number of aryl methyl sites for hydroxylation is 1. The van der Waals surface area contributed by atoms with E-state index in [1.54, 1.807) is 6.92 Å². The molecular weight excluding hydrogens is 308 g/mol. The zero-order valence-electron chi connectivity index (χ0n) is 10.6. The second kappa shape index (κ2) is 5.73. The van der Waals surface area contributed by atoms with E-state index in [1.165, 1.54) is 23.9 Å². The fourth-order valence-electron chi connectivity index (χ4n) is 1.59. The molecule has 0 saturated carbocycles. The van der Waals surface area contributed by atoms with Gasteiger partial charge < -0.3 is 0 Å².